The van der Waals surface area contributed by atoms with Crippen LogP contribution in [-0.2, 0) is 0 Å². The molecule has 14 heavy (non-hydrogen) atoms. The highest BCUT2D eigenvalue weighted by molar-refractivity contribution is 7.08. The van der Waals surface area contributed by atoms with Gasteiger partial charge in [0.05, 0.1) is 5.69 Å². The largest absolute Gasteiger partial charge is 0.276 e. The van der Waals surface area contributed by atoms with E-state index < -0.39 is 0 Å². The Labute approximate surface area is 85.4 Å². The third-order valence-corrected chi connectivity index (χ3v) is 3.18. The number of nitrogens with zero attached hydrogens (tertiary/aromatic N) is 2. The minimum Gasteiger partial charge on any atom is -0.276 e. The maximum atomic E-state index is 11.0. The summed E-state index contributed by atoms with van der Waals surface area (Å²) < 4.78 is 4.45. The van der Waals surface area contributed by atoms with Crippen molar-refractivity contribution in [3.05, 3.63) is 33.4 Å². The Morgan fingerprint density at radius 2 is 2.14 bits per heavy atom. The van der Waals surface area contributed by atoms with Gasteiger partial charge in [0, 0.05) is 11.8 Å². The summed E-state index contributed by atoms with van der Waals surface area (Å²) in [4.78, 5) is 11.0. The second-order valence-corrected chi connectivity index (χ2v) is 4.09. The molecule has 2 rings (SSSR count). The number of hydrogen-bond donors (Lipinski definition) is 1. The molecule has 74 valence electrons. The van der Waals surface area contributed by atoms with Crippen molar-refractivity contribution >= 4 is 11.5 Å². The van der Waals surface area contributed by atoms with Gasteiger partial charge in [-0.1, -0.05) is 0 Å². The number of aromatic amines is 1. The van der Waals surface area contributed by atoms with Crippen LogP contribution in [0.15, 0.2) is 10.9 Å². The Hall–Kier alpha value is -1.36. The molecule has 0 bridgehead atoms. The summed E-state index contributed by atoms with van der Waals surface area (Å²) in [7, 11) is 0. The topological polar surface area (TPSA) is 50.7 Å². The lowest BCUT2D eigenvalue weighted by Gasteiger charge is -1.97. The minimum absolute atomic E-state index is 0.0739. The quantitative estimate of drug-likeness (QED) is 0.774. The van der Waals surface area contributed by atoms with Gasteiger partial charge < -0.3 is 0 Å². The van der Waals surface area contributed by atoms with Crippen LogP contribution >= 0.6 is 11.5 Å². The molecule has 0 fully saturated rings. The number of aryl methyl sites for hydroxylation is 1. The Morgan fingerprint density at radius 1 is 1.43 bits per heavy atom. The molecule has 0 atom stereocenters. The van der Waals surface area contributed by atoms with Crippen LogP contribution in [0, 0.1) is 20.8 Å². The van der Waals surface area contributed by atoms with Crippen molar-refractivity contribution < 1.29 is 0 Å². The summed E-state index contributed by atoms with van der Waals surface area (Å²) >= 11 is 1.30. The van der Waals surface area contributed by atoms with Gasteiger partial charge in [-0.15, -0.1) is 0 Å². The first kappa shape index (κ1) is 9.21. The molecule has 0 radical (unpaired) electrons. The summed E-state index contributed by atoms with van der Waals surface area (Å²) in [6.45, 7) is 6.00. The van der Waals surface area contributed by atoms with Crippen LogP contribution < -0.4 is 5.56 Å². The molecule has 0 saturated carbocycles. The first-order valence-corrected chi connectivity index (χ1v) is 5.13. The number of nitrogens with one attached hydrogen (secondary N) is 1. The van der Waals surface area contributed by atoms with Gasteiger partial charge >= 0.3 is 0 Å². The Balaban J connectivity index is 2.62. The maximum Gasteiger partial charge on any atom is 0.260 e. The highest BCUT2D eigenvalue weighted by atomic mass is 32.1. The van der Waals surface area contributed by atoms with Crippen molar-refractivity contribution in [1.82, 2.24) is 14.2 Å². The van der Waals surface area contributed by atoms with Crippen LogP contribution in [0.4, 0.5) is 0 Å². The lowest BCUT2D eigenvalue weighted by molar-refractivity contribution is 0.847. The fraction of sp³-hybridized carbons (Fsp3) is 0.333. The standard InChI is InChI=1S/C9H11N3OS/c1-5-6(2)10-12(7(5)3)9-4-8(13)11-14-9/h4H,1-3H3,(H,11,13). The predicted molar refractivity (Wildman–Crippen MR) is 56.3 cm³/mol. The SMILES string of the molecule is Cc1nn(-c2cc(=O)[nH]s2)c(C)c1C. The molecule has 2 heterocycles. The molecule has 4 nitrogen and oxygen atoms in total. The molecule has 5 heteroatoms. The average Bonchev–Trinajstić information content (AvgIpc) is 2.66. The van der Waals surface area contributed by atoms with Crippen LogP contribution in [0.3, 0.4) is 0 Å². The third-order valence-electron chi connectivity index (χ3n) is 2.37. The van der Waals surface area contributed by atoms with Crippen molar-refractivity contribution in [3.8, 4) is 5.00 Å². The monoisotopic (exact) mass is 209 g/mol. The van der Waals surface area contributed by atoms with E-state index in [1.165, 1.54) is 17.1 Å². The van der Waals surface area contributed by atoms with Gasteiger partial charge in [-0.3, -0.25) is 9.17 Å². The van der Waals surface area contributed by atoms with Crippen molar-refractivity contribution in [2.75, 3.05) is 0 Å². The fourth-order valence-corrected chi connectivity index (χ4v) is 2.01. The summed E-state index contributed by atoms with van der Waals surface area (Å²) in [5.41, 5.74) is 3.18. The van der Waals surface area contributed by atoms with Crippen LogP contribution in [0.5, 0.6) is 0 Å². The maximum absolute atomic E-state index is 11.0. The third kappa shape index (κ3) is 1.29. The first-order chi connectivity index (χ1) is 6.59. The van der Waals surface area contributed by atoms with Crippen molar-refractivity contribution in [2.24, 2.45) is 0 Å². The van der Waals surface area contributed by atoms with Crippen molar-refractivity contribution in [2.45, 2.75) is 20.8 Å². The molecular weight excluding hydrogens is 198 g/mol. The molecule has 0 saturated heterocycles. The molecule has 0 spiro atoms. The molecule has 1 N–H and O–H groups in total. The second-order valence-electron chi connectivity index (χ2n) is 3.26. The van der Waals surface area contributed by atoms with Gasteiger partial charge in [-0.2, -0.15) is 5.10 Å². The van der Waals surface area contributed by atoms with Gasteiger partial charge in [-0.25, -0.2) is 4.68 Å². The lowest BCUT2D eigenvalue weighted by atomic mass is 10.2. The lowest BCUT2D eigenvalue weighted by Crippen LogP contribution is -1.98. The van der Waals surface area contributed by atoms with Gasteiger partial charge in [0.1, 0.15) is 5.00 Å². The number of hydrogen-bond acceptors (Lipinski definition) is 3. The van der Waals surface area contributed by atoms with Crippen LogP contribution in [0.25, 0.3) is 5.00 Å². The smallest absolute Gasteiger partial charge is 0.260 e. The number of rotatable bonds is 1. The summed E-state index contributed by atoms with van der Waals surface area (Å²) in [5.74, 6) is 0. The zero-order valence-electron chi connectivity index (χ0n) is 8.29. The molecule has 0 amide bonds. The predicted octanol–water partition coefficient (Wildman–Crippen LogP) is 1.55. The van der Waals surface area contributed by atoms with Crippen LogP contribution in [-0.4, -0.2) is 14.2 Å². The van der Waals surface area contributed by atoms with Crippen LogP contribution in [0.1, 0.15) is 17.0 Å². The first-order valence-electron chi connectivity index (χ1n) is 4.31. The van der Waals surface area contributed by atoms with E-state index in [2.05, 4.69) is 9.47 Å². The number of aromatic nitrogens is 3. The Bertz CT molecular complexity index is 520. The Kier molecular flexibility index (Phi) is 2.03. The summed E-state index contributed by atoms with van der Waals surface area (Å²) in [5, 5.41) is 5.20. The molecule has 0 unspecified atom stereocenters. The highest BCUT2D eigenvalue weighted by Gasteiger charge is 2.10. The summed E-state index contributed by atoms with van der Waals surface area (Å²) in [6, 6.07) is 1.56. The zero-order chi connectivity index (χ0) is 10.3. The van der Waals surface area contributed by atoms with E-state index in [1.54, 1.807) is 10.7 Å². The van der Waals surface area contributed by atoms with Gasteiger partial charge in [0.15, 0.2) is 0 Å². The molecule has 0 aliphatic rings. The molecular formula is C9H11N3OS. The Morgan fingerprint density at radius 3 is 2.57 bits per heavy atom. The molecule has 2 aromatic heterocycles. The zero-order valence-corrected chi connectivity index (χ0v) is 9.10. The molecule has 0 aromatic carbocycles. The van der Waals surface area contributed by atoms with Gasteiger partial charge in [0.25, 0.3) is 5.56 Å². The van der Waals surface area contributed by atoms with E-state index in [1.807, 2.05) is 20.8 Å². The van der Waals surface area contributed by atoms with Gasteiger partial charge in [0.2, 0.25) is 0 Å². The van der Waals surface area contributed by atoms with E-state index in [0.29, 0.717) is 0 Å². The average molecular weight is 209 g/mol. The van der Waals surface area contributed by atoms with E-state index in [0.717, 1.165) is 16.4 Å². The fourth-order valence-electron chi connectivity index (χ4n) is 1.31. The van der Waals surface area contributed by atoms with E-state index in [4.69, 9.17) is 0 Å². The second kappa shape index (κ2) is 3.09. The normalized spacial score (nSPS) is 10.8. The molecule has 0 aliphatic heterocycles. The summed E-state index contributed by atoms with van der Waals surface area (Å²) in [6.07, 6.45) is 0. The van der Waals surface area contributed by atoms with E-state index in [-0.39, 0.29) is 5.56 Å². The van der Waals surface area contributed by atoms with E-state index >= 15 is 0 Å². The van der Waals surface area contributed by atoms with E-state index in [9.17, 15) is 4.79 Å². The van der Waals surface area contributed by atoms with Crippen LogP contribution in [0.2, 0.25) is 0 Å². The minimum atomic E-state index is -0.0739. The van der Waals surface area contributed by atoms with Crippen molar-refractivity contribution in [1.29, 1.82) is 0 Å². The van der Waals surface area contributed by atoms with Crippen molar-refractivity contribution in [3.63, 3.8) is 0 Å². The highest BCUT2D eigenvalue weighted by Crippen LogP contribution is 2.17. The molecule has 0 aliphatic carbocycles. The number of H-pyrrole nitrogens is 1. The van der Waals surface area contributed by atoms with Gasteiger partial charge in [-0.05, 0) is 37.9 Å². The molecule has 2 aromatic rings.